The summed E-state index contributed by atoms with van der Waals surface area (Å²) in [4.78, 5) is 36.2. The van der Waals surface area contributed by atoms with Crippen LogP contribution in [-0.4, -0.2) is 41.0 Å². The Kier molecular flexibility index (Phi) is 14.1. The molecular weight excluding hydrogens is 642 g/mol. The average molecular weight is 683 g/mol. The van der Waals surface area contributed by atoms with Crippen molar-refractivity contribution in [1.82, 2.24) is 0 Å². The van der Waals surface area contributed by atoms with Gasteiger partial charge < -0.3 is 20.5 Å². The molecule has 0 spiro atoms. The maximum Gasteiger partial charge on any atom is 0.416 e. The molecule has 7 nitrogen and oxygen atoms in total. The first-order valence-corrected chi connectivity index (χ1v) is 14.8. The Hall–Kier alpha value is -3.32. The van der Waals surface area contributed by atoms with Gasteiger partial charge in [-0.25, -0.2) is 0 Å². The summed E-state index contributed by atoms with van der Waals surface area (Å²) in [6, 6.07) is 8.31. The number of alkyl halides is 7. The quantitative estimate of drug-likeness (QED) is 0.133. The highest BCUT2D eigenvalue weighted by atomic mass is 35.5. The molecule has 3 N–H and O–H groups in total. The van der Waals surface area contributed by atoms with Gasteiger partial charge in [-0.05, 0) is 88.1 Å². The molecule has 2 rings (SSSR count). The fourth-order valence-electron chi connectivity index (χ4n) is 4.46. The minimum Gasteiger partial charge on any atom is -0.460 e. The van der Waals surface area contributed by atoms with E-state index in [-0.39, 0.29) is 29.1 Å². The van der Waals surface area contributed by atoms with Gasteiger partial charge in [-0.3, -0.25) is 14.4 Å². The number of carbonyl (C=O) groups excluding carboxylic acids is 3. The molecule has 46 heavy (non-hydrogen) atoms. The lowest BCUT2D eigenvalue weighted by atomic mass is 9.79. The summed E-state index contributed by atoms with van der Waals surface area (Å²) in [5, 5.41) is 15.1. The summed E-state index contributed by atoms with van der Waals surface area (Å²) < 4.78 is 80.3. The number of anilines is 2. The Balaban J connectivity index is 0.000000467. The molecule has 0 aromatic heterocycles. The lowest BCUT2D eigenvalue weighted by molar-refractivity contribution is -0.159. The number of carbonyl (C=O) groups is 3. The first-order chi connectivity index (χ1) is 20.8. The second kappa shape index (κ2) is 16.0. The second-order valence-electron chi connectivity index (χ2n) is 12.5. The maximum absolute atomic E-state index is 12.6. The molecule has 0 heterocycles. The minimum absolute atomic E-state index is 0.113. The van der Waals surface area contributed by atoms with E-state index in [4.69, 9.17) is 16.3 Å². The Morgan fingerprint density at radius 3 is 1.33 bits per heavy atom. The van der Waals surface area contributed by atoms with E-state index in [1.54, 1.807) is 55.4 Å². The molecule has 2 atom stereocenters. The molecule has 0 saturated heterocycles. The molecule has 2 unspecified atom stereocenters. The van der Waals surface area contributed by atoms with Gasteiger partial charge in [-0.2, -0.15) is 26.3 Å². The van der Waals surface area contributed by atoms with Crippen LogP contribution in [0.15, 0.2) is 48.5 Å². The minimum atomic E-state index is -4.44. The number of ether oxygens (including phenoxy) is 1. The molecule has 2 aromatic rings. The Bertz CT molecular complexity index is 1310. The van der Waals surface area contributed by atoms with E-state index in [1.165, 1.54) is 24.3 Å². The third-order valence-electron chi connectivity index (χ3n) is 7.17. The molecule has 0 aliphatic carbocycles. The van der Waals surface area contributed by atoms with Gasteiger partial charge in [0.15, 0.2) is 0 Å². The molecule has 0 aliphatic heterocycles. The molecule has 0 aliphatic rings. The van der Waals surface area contributed by atoms with E-state index in [9.17, 15) is 45.8 Å². The maximum atomic E-state index is 12.6. The van der Waals surface area contributed by atoms with Crippen LogP contribution in [0.25, 0.3) is 0 Å². The van der Waals surface area contributed by atoms with Gasteiger partial charge in [0.2, 0.25) is 11.8 Å². The molecule has 14 heteroatoms. The number of nitrogens with one attached hydrogen (secondary N) is 2. The van der Waals surface area contributed by atoms with Gasteiger partial charge in [-0.1, -0.05) is 27.7 Å². The summed E-state index contributed by atoms with van der Waals surface area (Å²) in [5.41, 5.74) is -3.26. The third-order valence-corrected chi connectivity index (χ3v) is 7.38. The highest BCUT2D eigenvalue weighted by molar-refractivity contribution is 6.26. The number of rotatable bonds is 10. The van der Waals surface area contributed by atoms with E-state index < -0.39 is 64.3 Å². The number of hydrogen-bond donors (Lipinski definition) is 3. The summed E-state index contributed by atoms with van der Waals surface area (Å²) >= 11 is 5.44. The predicted octanol–water partition coefficient (Wildman–Crippen LogP) is 8.16. The number of benzene rings is 2. The smallest absolute Gasteiger partial charge is 0.416 e. The molecule has 0 bridgehead atoms. The Labute approximate surface area is 270 Å². The van der Waals surface area contributed by atoms with Crippen molar-refractivity contribution in [2.45, 2.75) is 80.0 Å². The van der Waals surface area contributed by atoms with Crippen molar-refractivity contribution in [3.8, 4) is 0 Å². The molecule has 0 saturated carbocycles. The number of amides is 2. The Morgan fingerprint density at radius 1 is 0.696 bits per heavy atom. The fraction of sp³-hybridized carbons (Fsp3) is 0.531. The highest BCUT2D eigenvalue weighted by Crippen LogP contribution is 2.34. The summed E-state index contributed by atoms with van der Waals surface area (Å²) in [6.45, 7) is 13.5. The van der Waals surface area contributed by atoms with Gasteiger partial charge in [0.25, 0.3) is 0 Å². The van der Waals surface area contributed by atoms with Crippen molar-refractivity contribution in [2.75, 3.05) is 16.5 Å². The molecule has 0 fully saturated rings. The average Bonchev–Trinajstić information content (AvgIpc) is 2.94. The third kappa shape index (κ3) is 11.5. The van der Waals surface area contributed by atoms with Crippen molar-refractivity contribution in [1.29, 1.82) is 0 Å². The second-order valence-corrected chi connectivity index (χ2v) is 12.7. The number of halogens is 7. The van der Waals surface area contributed by atoms with Crippen molar-refractivity contribution in [3.63, 3.8) is 0 Å². The van der Waals surface area contributed by atoms with E-state index >= 15 is 0 Å². The van der Waals surface area contributed by atoms with Crippen LogP contribution in [0.3, 0.4) is 0 Å². The van der Waals surface area contributed by atoms with Crippen LogP contribution in [0.1, 0.15) is 66.5 Å². The van der Waals surface area contributed by atoms with E-state index in [0.29, 0.717) is 0 Å². The van der Waals surface area contributed by atoms with Crippen LogP contribution in [0, 0.1) is 22.7 Å². The standard InChI is InChI=1S/C17H21ClF3NO3.C15H20F3NO2/c1-10(2)14(25-13(23)9-18)16(3,4)15(24)22-12-7-5-11(6-8-12)17(19,20)21;1-9(2)12(20)14(3,4)13(21)19-11-7-5-10(6-8-11)15(16,17)18/h5-8,10,14H,9H2,1-4H3,(H,22,24);5-9,12,20H,1-4H3,(H,19,21). The summed E-state index contributed by atoms with van der Waals surface area (Å²) in [5.74, 6) is -2.17. The van der Waals surface area contributed by atoms with Gasteiger partial charge in [-0.15, -0.1) is 11.6 Å². The van der Waals surface area contributed by atoms with Crippen molar-refractivity contribution < 1.29 is 50.6 Å². The summed E-state index contributed by atoms with van der Waals surface area (Å²) in [7, 11) is 0. The summed E-state index contributed by atoms with van der Waals surface area (Å²) in [6.07, 6.45) is -10.4. The van der Waals surface area contributed by atoms with Crippen LogP contribution in [0.2, 0.25) is 0 Å². The van der Waals surface area contributed by atoms with E-state index in [1.807, 2.05) is 0 Å². The predicted molar refractivity (Wildman–Crippen MR) is 164 cm³/mol. The normalized spacial score (nSPS) is 13.8. The number of hydrogen-bond acceptors (Lipinski definition) is 5. The Morgan fingerprint density at radius 2 is 1.04 bits per heavy atom. The van der Waals surface area contributed by atoms with Gasteiger partial charge >= 0.3 is 18.3 Å². The van der Waals surface area contributed by atoms with Crippen LogP contribution >= 0.6 is 11.6 Å². The zero-order valence-corrected chi connectivity index (χ0v) is 27.6. The molecule has 258 valence electrons. The highest BCUT2D eigenvalue weighted by Gasteiger charge is 2.42. The molecular formula is C32H41ClF6N2O5. The lowest BCUT2D eigenvalue weighted by Gasteiger charge is -2.35. The molecule has 2 amide bonds. The van der Waals surface area contributed by atoms with Crippen LogP contribution in [-0.2, 0) is 31.5 Å². The largest absolute Gasteiger partial charge is 0.460 e. The first-order valence-electron chi connectivity index (χ1n) is 14.3. The zero-order valence-electron chi connectivity index (χ0n) is 26.9. The van der Waals surface area contributed by atoms with Gasteiger partial charge in [0.1, 0.15) is 12.0 Å². The van der Waals surface area contributed by atoms with Crippen molar-refractivity contribution in [3.05, 3.63) is 59.7 Å². The SMILES string of the molecule is CC(C)C(O)C(C)(C)C(=O)Nc1ccc(C(F)(F)F)cc1.CC(C)C(OC(=O)CCl)C(C)(C)C(=O)Nc1ccc(C(F)(F)F)cc1. The lowest BCUT2D eigenvalue weighted by Crippen LogP contribution is -2.46. The first kappa shape index (κ1) is 40.7. The molecule has 0 radical (unpaired) electrons. The van der Waals surface area contributed by atoms with Crippen LogP contribution in [0.5, 0.6) is 0 Å². The molecule has 2 aromatic carbocycles. The number of aliphatic hydroxyl groups excluding tert-OH is 1. The van der Waals surface area contributed by atoms with Crippen LogP contribution in [0.4, 0.5) is 37.7 Å². The fourth-order valence-corrected chi connectivity index (χ4v) is 4.52. The topological polar surface area (TPSA) is 105 Å². The number of aliphatic hydroxyl groups is 1. The van der Waals surface area contributed by atoms with E-state index in [0.717, 1.165) is 24.3 Å². The number of esters is 1. The van der Waals surface area contributed by atoms with Gasteiger partial charge in [0, 0.05) is 11.4 Å². The van der Waals surface area contributed by atoms with Gasteiger partial charge in [0.05, 0.1) is 28.1 Å². The zero-order chi connectivity index (χ0) is 35.8. The van der Waals surface area contributed by atoms with E-state index in [2.05, 4.69) is 10.6 Å². The van der Waals surface area contributed by atoms with Crippen molar-refractivity contribution in [2.24, 2.45) is 22.7 Å². The monoisotopic (exact) mass is 682 g/mol. The van der Waals surface area contributed by atoms with Crippen LogP contribution < -0.4 is 10.6 Å². The van der Waals surface area contributed by atoms with Crippen molar-refractivity contribution >= 4 is 40.8 Å².